The second-order valence-corrected chi connectivity index (χ2v) is 4.37. The molecule has 0 aliphatic carbocycles. The van der Waals surface area contributed by atoms with Gasteiger partial charge in [0.05, 0.1) is 0 Å². The van der Waals surface area contributed by atoms with E-state index in [1.165, 1.54) is 0 Å². The minimum Gasteiger partial charge on any atom is -0.438 e. The van der Waals surface area contributed by atoms with E-state index < -0.39 is 0 Å². The SMILES string of the molecule is C[C@@H](N)c1cccnc1Oc1ccccc1CCO. The molecule has 0 spiro atoms. The highest BCUT2D eigenvalue weighted by Crippen LogP contribution is 2.28. The first-order valence-electron chi connectivity index (χ1n) is 6.29. The molecule has 1 aromatic heterocycles. The Morgan fingerprint density at radius 1 is 1.26 bits per heavy atom. The lowest BCUT2D eigenvalue weighted by Gasteiger charge is -2.14. The van der Waals surface area contributed by atoms with Crippen molar-refractivity contribution < 1.29 is 9.84 Å². The van der Waals surface area contributed by atoms with E-state index >= 15 is 0 Å². The van der Waals surface area contributed by atoms with Crippen LogP contribution < -0.4 is 10.5 Å². The Bertz CT molecular complexity index is 541. The molecular weight excluding hydrogens is 240 g/mol. The Balaban J connectivity index is 2.31. The maximum Gasteiger partial charge on any atom is 0.223 e. The van der Waals surface area contributed by atoms with Crippen LogP contribution >= 0.6 is 0 Å². The van der Waals surface area contributed by atoms with E-state index in [1.54, 1.807) is 6.20 Å². The van der Waals surface area contributed by atoms with Gasteiger partial charge in [0.15, 0.2) is 0 Å². The number of pyridine rings is 1. The van der Waals surface area contributed by atoms with Crippen LogP contribution in [0.1, 0.15) is 24.1 Å². The average Bonchev–Trinajstić information content (AvgIpc) is 2.42. The first kappa shape index (κ1) is 13.5. The number of nitrogens with two attached hydrogens (primary N) is 1. The van der Waals surface area contributed by atoms with Gasteiger partial charge in [-0.15, -0.1) is 0 Å². The topological polar surface area (TPSA) is 68.4 Å². The fourth-order valence-corrected chi connectivity index (χ4v) is 1.87. The van der Waals surface area contributed by atoms with Crippen molar-refractivity contribution >= 4 is 0 Å². The Morgan fingerprint density at radius 2 is 2.05 bits per heavy atom. The predicted molar refractivity (Wildman–Crippen MR) is 74.1 cm³/mol. The fourth-order valence-electron chi connectivity index (χ4n) is 1.87. The van der Waals surface area contributed by atoms with Gasteiger partial charge in [0, 0.05) is 24.4 Å². The summed E-state index contributed by atoms with van der Waals surface area (Å²) in [5.74, 6) is 1.22. The van der Waals surface area contributed by atoms with Crippen molar-refractivity contribution in [1.82, 2.24) is 4.98 Å². The maximum atomic E-state index is 9.06. The quantitative estimate of drug-likeness (QED) is 0.864. The van der Waals surface area contributed by atoms with Gasteiger partial charge < -0.3 is 15.6 Å². The van der Waals surface area contributed by atoms with Gasteiger partial charge in [-0.2, -0.15) is 0 Å². The first-order valence-corrected chi connectivity index (χ1v) is 6.29. The van der Waals surface area contributed by atoms with Crippen LogP contribution in [0.2, 0.25) is 0 Å². The number of benzene rings is 1. The van der Waals surface area contributed by atoms with Crippen LogP contribution in [0.4, 0.5) is 0 Å². The first-order chi connectivity index (χ1) is 9.22. The number of aliphatic hydroxyl groups excluding tert-OH is 1. The smallest absolute Gasteiger partial charge is 0.223 e. The molecule has 0 fully saturated rings. The van der Waals surface area contributed by atoms with Gasteiger partial charge in [-0.25, -0.2) is 4.98 Å². The minimum atomic E-state index is -0.145. The van der Waals surface area contributed by atoms with E-state index in [9.17, 15) is 0 Å². The summed E-state index contributed by atoms with van der Waals surface area (Å²) in [7, 11) is 0. The molecule has 100 valence electrons. The fraction of sp³-hybridized carbons (Fsp3) is 0.267. The third-order valence-electron chi connectivity index (χ3n) is 2.85. The van der Waals surface area contributed by atoms with Crippen molar-refractivity contribution in [3.05, 3.63) is 53.7 Å². The third-order valence-corrected chi connectivity index (χ3v) is 2.85. The number of hydrogen-bond acceptors (Lipinski definition) is 4. The monoisotopic (exact) mass is 258 g/mol. The molecule has 0 radical (unpaired) electrons. The number of rotatable bonds is 5. The van der Waals surface area contributed by atoms with Crippen LogP contribution in [-0.4, -0.2) is 16.7 Å². The zero-order valence-electron chi connectivity index (χ0n) is 10.9. The average molecular weight is 258 g/mol. The van der Waals surface area contributed by atoms with E-state index in [2.05, 4.69) is 4.98 Å². The van der Waals surface area contributed by atoms with Gasteiger partial charge in [0.2, 0.25) is 5.88 Å². The van der Waals surface area contributed by atoms with Gasteiger partial charge in [-0.1, -0.05) is 24.3 Å². The molecule has 0 amide bonds. The van der Waals surface area contributed by atoms with Crippen molar-refractivity contribution in [1.29, 1.82) is 0 Å². The largest absolute Gasteiger partial charge is 0.438 e. The van der Waals surface area contributed by atoms with Crippen LogP contribution in [0.25, 0.3) is 0 Å². The van der Waals surface area contributed by atoms with Crippen LogP contribution in [0.15, 0.2) is 42.6 Å². The molecule has 0 aliphatic rings. The van der Waals surface area contributed by atoms with Crippen LogP contribution in [0, 0.1) is 0 Å². The lowest BCUT2D eigenvalue weighted by atomic mass is 10.1. The molecule has 4 heteroatoms. The Kier molecular flexibility index (Phi) is 4.49. The zero-order chi connectivity index (χ0) is 13.7. The molecule has 4 nitrogen and oxygen atoms in total. The Hall–Kier alpha value is -1.91. The molecule has 0 bridgehead atoms. The number of para-hydroxylation sites is 1. The summed E-state index contributed by atoms with van der Waals surface area (Å²) < 4.78 is 5.85. The molecular formula is C15H18N2O2. The molecule has 0 unspecified atom stereocenters. The normalized spacial score (nSPS) is 12.2. The summed E-state index contributed by atoms with van der Waals surface area (Å²) in [4.78, 5) is 4.23. The van der Waals surface area contributed by atoms with Gasteiger partial charge in [0.1, 0.15) is 5.75 Å². The van der Waals surface area contributed by atoms with Crippen molar-refractivity contribution in [3.8, 4) is 11.6 Å². The van der Waals surface area contributed by atoms with Crippen molar-refractivity contribution in [2.24, 2.45) is 5.73 Å². The molecule has 1 heterocycles. The lowest BCUT2D eigenvalue weighted by molar-refractivity contribution is 0.297. The van der Waals surface area contributed by atoms with Crippen LogP contribution in [-0.2, 0) is 6.42 Å². The highest BCUT2D eigenvalue weighted by molar-refractivity contribution is 5.39. The van der Waals surface area contributed by atoms with E-state index in [0.29, 0.717) is 18.1 Å². The summed E-state index contributed by atoms with van der Waals surface area (Å²) in [5.41, 5.74) is 7.72. The standard InChI is InChI=1S/C15H18N2O2/c1-11(16)13-6-4-9-17-15(13)19-14-7-3-2-5-12(14)8-10-18/h2-7,9,11,18H,8,10,16H2,1H3/t11-/m1/s1. The number of aromatic nitrogens is 1. The third kappa shape index (κ3) is 3.30. The zero-order valence-corrected chi connectivity index (χ0v) is 10.9. The van der Waals surface area contributed by atoms with Crippen molar-refractivity contribution in [3.63, 3.8) is 0 Å². The van der Waals surface area contributed by atoms with Gasteiger partial charge in [0.25, 0.3) is 0 Å². The number of nitrogens with zero attached hydrogens (tertiary/aromatic N) is 1. The molecule has 3 N–H and O–H groups in total. The highest BCUT2D eigenvalue weighted by atomic mass is 16.5. The molecule has 0 aliphatic heterocycles. The van der Waals surface area contributed by atoms with Crippen LogP contribution in [0.5, 0.6) is 11.6 Å². The number of ether oxygens (including phenoxy) is 1. The molecule has 2 aromatic rings. The second-order valence-electron chi connectivity index (χ2n) is 4.37. The van der Waals surface area contributed by atoms with Crippen molar-refractivity contribution in [2.45, 2.75) is 19.4 Å². The van der Waals surface area contributed by atoms with E-state index in [4.69, 9.17) is 15.6 Å². The summed E-state index contributed by atoms with van der Waals surface area (Å²) in [6.45, 7) is 1.98. The summed E-state index contributed by atoms with van der Waals surface area (Å²) >= 11 is 0. The minimum absolute atomic E-state index is 0.0861. The molecule has 0 saturated carbocycles. The van der Waals surface area contributed by atoms with E-state index in [0.717, 1.165) is 11.1 Å². The van der Waals surface area contributed by atoms with Crippen LogP contribution in [0.3, 0.4) is 0 Å². The summed E-state index contributed by atoms with van der Waals surface area (Å²) in [6, 6.07) is 11.2. The number of hydrogen-bond donors (Lipinski definition) is 2. The van der Waals surface area contributed by atoms with Crippen molar-refractivity contribution in [2.75, 3.05) is 6.61 Å². The Labute approximate surface area is 112 Å². The molecule has 1 atom stereocenters. The molecule has 1 aromatic carbocycles. The summed E-state index contributed by atoms with van der Waals surface area (Å²) in [5, 5.41) is 9.06. The predicted octanol–water partition coefficient (Wildman–Crippen LogP) is 2.43. The van der Waals surface area contributed by atoms with E-state index in [1.807, 2.05) is 43.3 Å². The van der Waals surface area contributed by atoms with Gasteiger partial charge in [-0.3, -0.25) is 0 Å². The summed E-state index contributed by atoms with van der Waals surface area (Å²) in [6.07, 6.45) is 2.23. The lowest BCUT2D eigenvalue weighted by Crippen LogP contribution is -2.08. The maximum absolute atomic E-state index is 9.06. The molecule has 2 rings (SSSR count). The molecule has 19 heavy (non-hydrogen) atoms. The number of aliphatic hydroxyl groups is 1. The van der Waals surface area contributed by atoms with Gasteiger partial charge >= 0.3 is 0 Å². The van der Waals surface area contributed by atoms with Gasteiger partial charge in [-0.05, 0) is 31.0 Å². The van der Waals surface area contributed by atoms with E-state index in [-0.39, 0.29) is 12.6 Å². The molecule has 0 saturated heterocycles. The Morgan fingerprint density at radius 3 is 2.79 bits per heavy atom. The second kappa shape index (κ2) is 6.31. The highest BCUT2D eigenvalue weighted by Gasteiger charge is 2.11.